The fourth-order valence-electron chi connectivity index (χ4n) is 7.87. The van der Waals surface area contributed by atoms with Gasteiger partial charge in [-0.1, -0.05) is 64.4 Å². The van der Waals surface area contributed by atoms with Crippen molar-refractivity contribution < 1.29 is 72.9 Å². The Kier molecular flexibility index (Phi) is 35.1. The summed E-state index contributed by atoms with van der Waals surface area (Å²) in [6.07, 6.45) is 0.655. The molecule has 22 N–H and O–H groups in total. The number of hydrogen-bond donors (Lipinski definition) is 17. The maximum absolute atomic E-state index is 14.2. The van der Waals surface area contributed by atoms with Crippen molar-refractivity contribution in [2.24, 2.45) is 45.5 Å². The summed E-state index contributed by atoms with van der Waals surface area (Å²) in [5, 5.41) is 51.6. The maximum Gasteiger partial charge on any atom is 0.326 e. The van der Waals surface area contributed by atoms with Crippen molar-refractivity contribution in [1.82, 2.24) is 47.9 Å². The van der Waals surface area contributed by atoms with Gasteiger partial charge in [-0.2, -0.15) is 11.8 Å². The average molecular weight is 1190 g/mol. The van der Waals surface area contributed by atoms with Crippen LogP contribution in [0.1, 0.15) is 104 Å². The molecule has 0 saturated carbocycles. The predicted molar refractivity (Wildman–Crippen MR) is 307 cm³/mol. The normalized spacial score (nSPS) is 14.6. The number of nitrogens with one attached hydrogen (secondary N) is 9. The molecule has 0 spiro atoms. The smallest absolute Gasteiger partial charge is 0.326 e. The first kappa shape index (κ1) is 73.4. The zero-order valence-electron chi connectivity index (χ0n) is 47.7. The number of benzene rings is 1. The average Bonchev–Trinajstić information content (AvgIpc) is 3.49. The number of aliphatic imine (C=N–C) groups is 1. The monoisotopic (exact) mass is 1190 g/mol. The van der Waals surface area contributed by atoms with E-state index in [4.69, 9.17) is 28.7 Å². The van der Waals surface area contributed by atoms with Gasteiger partial charge < -0.3 is 91.8 Å². The van der Waals surface area contributed by atoms with E-state index in [0.29, 0.717) is 18.4 Å². The topological polar surface area (TPSA) is 516 Å². The highest BCUT2D eigenvalue weighted by molar-refractivity contribution is 7.98. The summed E-state index contributed by atoms with van der Waals surface area (Å²) in [5.41, 5.74) is 28.3. The van der Waals surface area contributed by atoms with E-state index in [1.54, 1.807) is 57.4 Å². The number of nitrogens with two attached hydrogens (primary N) is 5. The van der Waals surface area contributed by atoms with Crippen LogP contribution in [0.25, 0.3) is 0 Å². The van der Waals surface area contributed by atoms with Crippen molar-refractivity contribution >= 4 is 88.7 Å². The van der Waals surface area contributed by atoms with E-state index in [9.17, 15) is 72.9 Å². The summed E-state index contributed by atoms with van der Waals surface area (Å²) in [7, 11) is 0. The molecule has 1 aromatic rings. The lowest BCUT2D eigenvalue weighted by atomic mass is 9.99. The standard InChI is InChI=1S/C52H87N15O15S/c1-6-29(4)42(55)50(80)67-38(27-68)49(79)65-36(24-30-13-8-7-9-14-30)47(77)61-31(15-10-11-20-53)44(74)66-37(25-41(71)72)48(78)63-33(19-22-83-5)46(76)62-32(17-18-39(54)69)45(75)64-35(23-28(2)3)43(73)59-26-40(70)60-34(51(81)82)16-12-21-58-52(56)57/h7-9,13-14,28-29,31-38,42,68H,6,10-12,15-27,53,55H2,1-5H3,(H2,54,69)(H,59,73)(H,60,70)(H,61,77)(H,62,76)(H,63,78)(H,64,75)(H,65,79)(H,66,74)(H,67,80)(H,71,72)(H,81,82)(H4,56,57,58)/t29-,31-,32-,33-,34-,35-,36-,37-,38-,42-/m0/s1. The summed E-state index contributed by atoms with van der Waals surface area (Å²) >= 11 is 1.25. The molecule has 0 fully saturated rings. The molecule has 30 nitrogen and oxygen atoms in total. The quantitative estimate of drug-likeness (QED) is 0.0166. The number of rotatable bonds is 42. The van der Waals surface area contributed by atoms with Crippen LogP contribution in [-0.2, 0) is 64.0 Å². The van der Waals surface area contributed by atoms with E-state index in [2.05, 4.69) is 52.8 Å². The highest BCUT2D eigenvalue weighted by Gasteiger charge is 2.36. The fourth-order valence-corrected chi connectivity index (χ4v) is 8.34. The summed E-state index contributed by atoms with van der Waals surface area (Å²) < 4.78 is 0. The van der Waals surface area contributed by atoms with Crippen LogP contribution in [0.3, 0.4) is 0 Å². The second kappa shape index (κ2) is 39.7. The number of primary amides is 1. The highest BCUT2D eigenvalue weighted by Crippen LogP contribution is 2.12. The van der Waals surface area contributed by atoms with Crippen LogP contribution < -0.4 is 76.5 Å². The third-order valence-electron chi connectivity index (χ3n) is 12.8. The molecule has 31 heteroatoms. The third kappa shape index (κ3) is 29.8. The zero-order valence-corrected chi connectivity index (χ0v) is 48.6. The summed E-state index contributed by atoms with van der Waals surface area (Å²) in [6, 6.07) is -4.81. The van der Waals surface area contributed by atoms with Gasteiger partial charge in [-0.15, -0.1) is 0 Å². The second-order valence-corrected chi connectivity index (χ2v) is 21.1. The van der Waals surface area contributed by atoms with Crippen molar-refractivity contribution in [3.8, 4) is 0 Å². The molecule has 10 amide bonds. The van der Waals surface area contributed by atoms with Gasteiger partial charge in [0.2, 0.25) is 59.1 Å². The van der Waals surface area contributed by atoms with Crippen LogP contribution in [0.15, 0.2) is 35.3 Å². The van der Waals surface area contributed by atoms with Crippen molar-refractivity contribution in [3.05, 3.63) is 35.9 Å². The lowest BCUT2D eigenvalue weighted by molar-refractivity contribution is -0.142. The van der Waals surface area contributed by atoms with E-state index >= 15 is 0 Å². The van der Waals surface area contributed by atoms with Gasteiger partial charge in [-0.25, -0.2) is 4.79 Å². The van der Waals surface area contributed by atoms with Gasteiger partial charge in [-0.05, 0) is 87.3 Å². The molecule has 1 aromatic carbocycles. The van der Waals surface area contributed by atoms with Crippen LogP contribution in [0.5, 0.6) is 0 Å². The molecular weight excluding hydrogens is 1110 g/mol. The van der Waals surface area contributed by atoms with Crippen molar-refractivity contribution in [3.63, 3.8) is 0 Å². The van der Waals surface area contributed by atoms with E-state index in [-0.39, 0.29) is 81.6 Å². The summed E-state index contributed by atoms with van der Waals surface area (Å²) in [5.74, 6) is -12.9. The molecule has 0 bridgehead atoms. The molecule has 0 saturated heterocycles. The third-order valence-corrected chi connectivity index (χ3v) is 13.4. The van der Waals surface area contributed by atoms with Gasteiger partial charge in [0.15, 0.2) is 5.96 Å². The number of aliphatic carboxylic acids is 2. The number of aliphatic hydroxyl groups is 1. The molecule has 0 aromatic heterocycles. The summed E-state index contributed by atoms with van der Waals surface area (Å²) in [4.78, 5) is 163. The predicted octanol–water partition coefficient (Wildman–Crippen LogP) is -4.60. The Morgan fingerprint density at radius 2 is 1.11 bits per heavy atom. The van der Waals surface area contributed by atoms with Gasteiger partial charge in [0.05, 0.1) is 25.6 Å². The number of unbranched alkanes of at least 4 members (excludes halogenated alkanes) is 1. The Morgan fingerprint density at radius 3 is 1.63 bits per heavy atom. The lowest BCUT2D eigenvalue weighted by Gasteiger charge is -2.28. The number of guanidine groups is 1. The minimum absolute atomic E-state index is 0.00960. The molecule has 1 rings (SSSR count). The van der Waals surface area contributed by atoms with Gasteiger partial charge in [0, 0.05) is 19.4 Å². The Labute approximate surface area is 486 Å². The molecule has 0 aliphatic rings. The number of carbonyl (C=O) groups excluding carboxylic acids is 10. The SMILES string of the molecule is CC[C@H](C)[C@H](N)C(=O)N[C@@H](CO)C(=O)N[C@@H](Cc1ccccc1)C(=O)N[C@@H](CCCCN)C(=O)N[C@@H](CC(=O)O)C(=O)N[C@@H](CCSC)C(=O)N[C@@H](CCC(N)=O)C(=O)N[C@@H](CC(C)C)C(=O)NCC(=O)N[C@@H](CCCN=C(N)N)C(=O)O. The van der Waals surface area contributed by atoms with Crippen LogP contribution in [-0.4, -0.2) is 185 Å². The number of hydrogen-bond acceptors (Lipinski definition) is 17. The fraction of sp³-hybridized carbons (Fsp3) is 0.635. The molecule has 0 heterocycles. The number of carbonyl (C=O) groups is 12. The minimum atomic E-state index is -1.90. The van der Waals surface area contributed by atoms with E-state index in [1.165, 1.54) is 11.8 Å². The number of carboxylic acid groups (broad SMARTS) is 2. The van der Waals surface area contributed by atoms with Crippen LogP contribution in [0.4, 0.5) is 0 Å². The largest absolute Gasteiger partial charge is 0.481 e. The number of amides is 10. The van der Waals surface area contributed by atoms with Crippen molar-refractivity contribution in [2.75, 3.05) is 38.2 Å². The first-order chi connectivity index (χ1) is 39.2. The molecule has 10 atom stereocenters. The molecule has 0 aliphatic heterocycles. The molecule has 0 aliphatic carbocycles. The van der Waals surface area contributed by atoms with Gasteiger partial charge in [-0.3, -0.25) is 57.7 Å². The second-order valence-electron chi connectivity index (χ2n) is 20.1. The van der Waals surface area contributed by atoms with Crippen molar-refractivity contribution in [2.45, 2.75) is 159 Å². The minimum Gasteiger partial charge on any atom is -0.481 e. The van der Waals surface area contributed by atoms with E-state index in [1.807, 2.05) is 6.92 Å². The zero-order chi connectivity index (χ0) is 62.8. The number of thioether (sulfide) groups is 1. The lowest BCUT2D eigenvalue weighted by Crippen LogP contribution is -2.61. The van der Waals surface area contributed by atoms with E-state index < -0.39 is 158 Å². The first-order valence-electron chi connectivity index (χ1n) is 27.2. The summed E-state index contributed by atoms with van der Waals surface area (Å²) in [6.45, 7) is 5.69. The Bertz CT molecular complexity index is 2350. The molecular formula is C52H87N15O15S. The highest BCUT2D eigenvalue weighted by atomic mass is 32.2. The van der Waals surface area contributed by atoms with Gasteiger partial charge in [0.1, 0.15) is 48.3 Å². The number of aliphatic hydroxyl groups excluding tert-OH is 1. The first-order valence-corrected chi connectivity index (χ1v) is 28.6. The van der Waals surface area contributed by atoms with Crippen molar-refractivity contribution in [1.29, 1.82) is 0 Å². The Balaban J connectivity index is 3.48. The van der Waals surface area contributed by atoms with E-state index in [0.717, 1.165) is 0 Å². The molecule has 466 valence electrons. The molecule has 83 heavy (non-hydrogen) atoms. The van der Waals surface area contributed by atoms with Gasteiger partial charge in [0.25, 0.3) is 0 Å². The van der Waals surface area contributed by atoms with Crippen LogP contribution in [0.2, 0.25) is 0 Å². The number of nitrogens with zero attached hydrogens (tertiary/aromatic N) is 1. The molecule has 0 radical (unpaired) electrons. The maximum atomic E-state index is 14.2. The molecule has 0 unspecified atom stereocenters. The van der Waals surface area contributed by atoms with Gasteiger partial charge >= 0.3 is 11.9 Å². The Morgan fingerprint density at radius 1 is 0.602 bits per heavy atom. The van der Waals surface area contributed by atoms with Crippen LogP contribution >= 0.6 is 11.8 Å². The Hall–Kier alpha value is -7.64. The van der Waals surface area contributed by atoms with Crippen LogP contribution in [0, 0.1) is 11.8 Å². The number of carboxylic acids is 2.